The molecule has 0 saturated carbocycles. The van der Waals surface area contributed by atoms with E-state index in [0.29, 0.717) is 12.1 Å². The van der Waals surface area contributed by atoms with Gasteiger partial charge in [0.25, 0.3) is 0 Å². The molecule has 2 aromatic heterocycles. The van der Waals surface area contributed by atoms with Crippen LogP contribution in [0.1, 0.15) is 35.7 Å². The average molecular weight is 280 g/mol. The highest BCUT2D eigenvalue weighted by Crippen LogP contribution is 2.18. The molecule has 98 valence electrons. The number of nitrogens with one attached hydrogen (secondary N) is 2. The van der Waals surface area contributed by atoms with E-state index in [0.717, 1.165) is 13.1 Å². The third kappa shape index (κ3) is 3.92. The van der Waals surface area contributed by atoms with Gasteiger partial charge in [0.1, 0.15) is 0 Å². The van der Waals surface area contributed by atoms with Crippen LogP contribution in [0.5, 0.6) is 0 Å². The quantitative estimate of drug-likeness (QED) is 0.754. The predicted octanol–water partition coefficient (Wildman–Crippen LogP) is 3.81. The van der Waals surface area contributed by atoms with Crippen LogP contribution in [-0.4, -0.2) is 13.1 Å². The Bertz CT molecular complexity index is 380. The van der Waals surface area contributed by atoms with Gasteiger partial charge < -0.3 is 10.6 Å². The minimum atomic E-state index is 0.448. The molecule has 2 rings (SSSR count). The lowest BCUT2D eigenvalue weighted by atomic mass is 10.2. The van der Waals surface area contributed by atoms with E-state index < -0.39 is 0 Å². The van der Waals surface area contributed by atoms with Crippen molar-refractivity contribution < 1.29 is 0 Å². The van der Waals surface area contributed by atoms with Crippen LogP contribution < -0.4 is 10.6 Å². The highest BCUT2D eigenvalue weighted by atomic mass is 32.1. The van der Waals surface area contributed by atoms with Crippen LogP contribution in [0.25, 0.3) is 0 Å². The first-order chi connectivity index (χ1) is 8.77. The zero-order chi connectivity index (χ0) is 12.8. The second-order valence-electron chi connectivity index (χ2n) is 4.38. The van der Waals surface area contributed by atoms with E-state index in [1.165, 1.54) is 9.75 Å². The summed E-state index contributed by atoms with van der Waals surface area (Å²) in [5, 5.41) is 11.3. The molecule has 0 aliphatic rings. The Labute approximate surface area is 117 Å². The van der Waals surface area contributed by atoms with E-state index in [4.69, 9.17) is 0 Å². The van der Waals surface area contributed by atoms with Gasteiger partial charge in [-0.05, 0) is 36.7 Å². The molecule has 0 aliphatic carbocycles. The summed E-state index contributed by atoms with van der Waals surface area (Å²) in [6.45, 7) is 6.42. The molecule has 2 aromatic rings. The van der Waals surface area contributed by atoms with Crippen LogP contribution in [0, 0.1) is 0 Å². The first-order valence-corrected chi connectivity index (χ1v) is 8.07. The van der Waals surface area contributed by atoms with Crippen molar-refractivity contribution in [3.05, 3.63) is 44.8 Å². The Morgan fingerprint density at radius 3 is 1.67 bits per heavy atom. The first kappa shape index (κ1) is 13.7. The van der Waals surface area contributed by atoms with Crippen LogP contribution in [0.4, 0.5) is 0 Å². The van der Waals surface area contributed by atoms with E-state index in [2.05, 4.69) is 59.5 Å². The molecular formula is C14H20N2S2. The predicted molar refractivity (Wildman–Crippen MR) is 81.5 cm³/mol. The average Bonchev–Trinajstić information content (AvgIpc) is 3.05. The lowest BCUT2D eigenvalue weighted by molar-refractivity contribution is 0.518. The second kappa shape index (κ2) is 7.04. The number of thiophene rings is 2. The van der Waals surface area contributed by atoms with Gasteiger partial charge in [-0.3, -0.25) is 0 Å². The molecule has 0 aromatic carbocycles. The Morgan fingerprint density at radius 2 is 1.33 bits per heavy atom. The Hall–Kier alpha value is -0.680. The van der Waals surface area contributed by atoms with Crippen LogP contribution in [0.2, 0.25) is 0 Å². The minimum absolute atomic E-state index is 0.448. The highest BCUT2D eigenvalue weighted by molar-refractivity contribution is 7.10. The molecule has 0 radical (unpaired) electrons. The molecular weight excluding hydrogens is 260 g/mol. The van der Waals surface area contributed by atoms with Gasteiger partial charge in [-0.1, -0.05) is 12.1 Å². The van der Waals surface area contributed by atoms with Crippen molar-refractivity contribution in [2.24, 2.45) is 0 Å². The van der Waals surface area contributed by atoms with Gasteiger partial charge in [0.15, 0.2) is 0 Å². The van der Waals surface area contributed by atoms with Gasteiger partial charge in [0, 0.05) is 34.9 Å². The van der Waals surface area contributed by atoms with Crippen LogP contribution in [0.15, 0.2) is 35.0 Å². The van der Waals surface area contributed by atoms with Crippen molar-refractivity contribution in [1.82, 2.24) is 10.6 Å². The molecule has 0 fully saturated rings. The monoisotopic (exact) mass is 280 g/mol. The molecule has 2 nitrogen and oxygen atoms in total. The normalized spacial score (nSPS) is 14.6. The summed E-state index contributed by atoms with van der Waals surface area (Å²) in [6, 6.07) is 9.48. The minimum Gasteiger partial charge on any atom is -0.308 e. The summed E-state index contributed by atoms with van der Waals surface area (Å²) in [4.78, 5) is 2.81. The Kier molecular flexibility index (Phi) is 5.38. The Balaban J connectivity index is 1.64. The smallest absolute Gasteiger partial charge is 0.0386 e. The summed E-state index contributed by atoms with van der Waals surface area (Å²) >= 11 is 3.62. The summed E-state index contributed by atoms with van der Waals surface area (Å²) in [5.41, 5.74) is 0. The molecule has 2 N–H and O–H groups in total. The van der Waals surface area contributed by atoms with E-state index in [-0.39, 0.29) is 0 Å². The maximum atomic E-state index is 3.54. The van der Waals surface area contributed by atoms with Crippen molar-refractivity contribution >= 4 is 22.7 Å². The standard InChI is InChI=1S/C14H20N2S2/c1-11(13-5-3-9-17-13)15-7-8-16-12(2)14-6-4-10-18-14/h3-6,9-12,15-16H,7-8H2,1-2H3/t11-,12-/m0/s1. The van der Waals surface area contributed by atoms with Crippen molar-refractivity contribution in [2.45, 2.75) is 25.9 Å². The molecule has 4 heteroatoms. The van der Waals surface area contributed by atoms with Crippen LogP contribution in [0.3, 0.4) is 0 Å². The zero-order valence-electron chi connectivity index (χ0n) is 10.8. The van der Waals surface area contributed by atoms with Crippen LogP contribution in [-0.2, 0) is 0 Å². The molecule has 2 heterocycles. The van der Waals surface area contributed by atoms with Gasteiger partial charge in [0.05, 0.1) is 0 Å². The van der Waals surface area contributed by atoms with Crippen molar-refractivity contribution in [3.8, 4) is 0 Å². The summed E-state index contributed by atoms with van der Waals surface area (Å²) in [7, 11) is 0. The van der Waals surface area contributed by atoms with E-state index in [9.17, 15) is 0 Å². The fourth-order valence-corrected chi connectivity index (χ4v) is 3.37. The molecule has 18 heavy (non-hydrogen) atoms. The summed E-state index contributed by atoms with van der Waals surface area (Å²) in [6.07, 6.45) is 0. The lowest BCUT2D eigenvalue weighted by Crippen LogP contribution is -2.30. The van der Waals surface area contributed by atoms with Gasteiger partial charge >= 0.3 is 0 Å². The molecule has 0 aliphatic heterocycles. The zero-order valence-corrected chi connectivity index (χ0v) is 12.5. The number of rotatable bonds is 7. The largest absolute Gasteiger partial charge is 0.308 e. The number of hydrogen-bond donors (Lipinski definition) is 2. The van der Waals surface area contributed by atoms with Crippen molar-refractivity contribution in [2.75, 3.05) is 13.1 Å². The molecule has 0 bridgehead atoms. The molecule has 2 atom stereocenters. The van der Waals surface area contributed by atoms with E-state index in [1.807, 2.05) is 22.7 Å². The SMILES string of the molecule is C[C@H](NCCN[C@@H](C)c1cccs1)c1cccs1. The van der Waals surface area contributed by atoms with Gasteiger partial charge in [0.2, 0.25) is 0 Å². The maximum Gasteiger partial charge on any atom is 0.0386 e. The molecule has 0 saturated heterocycles. The van der Waals surface area contributed by atoms with Gasteiger partial charge in [-0.15, -0.1) is 22.7 Å². The second-order valence-corrected chi connectivity index (χ2v) is 6.34. The number of hydrogen-bond acceptors (Lipinski definition) is 4. The van der Waals surface area contributed by atoms with Crippen molar-refractivity contribution in [1.29, 1.82) is 0 Å². The maximum absolute atomic E-state index is 3.54. The molecule has 0 unspecified atom stereocenters. The summed E-state index contributed by atoms with van der Waals surface area (Å²) < 4.78 is 0. The summed E-state index contributed by atoms with van der Waals surface area (Å²) in [5.74, 6) is 0. The fourth-order valence-electron chi connectivity index (χ4n) is 1.85. The molecule has 0 amide bonds. The molecule has 0 spiro atoms. The fraction of sp³-hybridized carbons (Fsp3) is 0.429. The third-order valence-corrected chi connectivity index (χ3v) is 5.08. The third-order valence-electron chi connectivity index (χ3n) is 2.97. The van der Waals surface area contributed by atoms with Gasteiger partial charge in [-0.2, -0.15) is 0 Å². The van der Waals surface area contributed by atoms with E-state index in [1.54, 1.807) is 0 Å². The topological polar surface area (TPSA) is 24.1 Å². The lowest BCUT2D eigenvalue weighted by Gasteiger charge is -2.15. The Morgan fingerprint density at radius 1 is 0.889 bits per heavy atom. The van der Waals surface area contributed by atoms with Crippen LogP contribution >= 0.6 is 22.7 Å². The highest BCUT2D eigenvalue weighted by Gasteiger charge is 2.07. The van der Waals surface area contributed by atoms with E-state index >= 15 is 0 Å². The first-order valence-electron chi connectivity index (χ1n) is 6.31. The van der Waals surface area contributed by atoms with Gasteiger partial charge in [-0.25, -0.2) is 0 Å². The van der Waals surface area contributed by atoms with Crippen molar-refractivity contribution in [3.63, 3.8) is 0 Å².